The third kappa shape index (κ3) is 1.50. The monoisotopic (exact) mass is 230 g/mol. The number of H-pyrrole nitrogens is 2. The molecule has 6 nitrogen and oxygen atoms in total. The van der Waals surface area contributed by atoms with Crippen molar-refractivity contribution in [2.45, 2.75) is 6.92 Å². The number of anilines is 1. The summed E-state index contributed by atoms with van der Waals surface area (Å²) in [6.07, 6.45) is 0. The van der Waals surface area contributed by atoms with Crippen molar-refractivity contribution in [1.82, 2.24) is 15.0 Å². The first-order chi connectivity index (χ1) is 8.13. The van der Waals surface area contributed by atoms with Crippen molar-refractivity contribution >= 4 is 17.0 Å². The van der Waals surface area contributed by atoms with Gasteiger partial charge in [0, 0.05) is 5.56 Å². The molecule has 0 saturated heterocycles. The fraction of sp³-hybridized carbons (Fsp3) is 0.0909. The molecule has 0 aliphatic heterocycles. The standard InChI is InChI=1S/C11H10N4O2/c1-5-9(15-10(12)17-5)6-2-3-7-8(4-6)14-11(16)13-7/h2-4H,1H3,(H2,12,15)(H2,13,14,16). The summed E-state index contributed by atoms with van der Waals surface area (Å²) in [5.74, 6) is 0.653. The zero-order valence-electron chi connectivity index (χ0n) is 9.07. The summed E-state index contributed by atoms with van der Waals surface area (Å²) in [5, 5.41) is 0. The molecule has 6 heteroatoms. The molecular weight excluding hydrogens is 220 g/mol. The minimum absolute atomic E-state index is 0.139. The summed E-state index contributed by atoms with van der Waals surface area (Å²) in [6, 6.07) is 5.64. The molecule has 3 rings (SSSR count). The largest absolute Gasteiger partial charge is 0.429 e. The van der Waals surface area contributed by atoms with Crippen LogP contribution in [0.4, 0.5) is 6.01 Å². The van der Waals surface area contributed by atoms with Gasteiger partial charge in [0.1, 0.15) is 11.5 Å². The van der Waals surface area contributed by atoms with E-state index in [-0.39, 0.29) is 11.7 Å². The number of rotatable bonds is 1. The van der Waals surface area contributed by atoms with E-state index in [4.69, 9.17) is 10.2 Å². The number of benzene rings is 1. The number of hydrogen-bond acceptors (Lipinski definition) is 4. The molecule has 0 aliphatic carbocycles. The molecule has 0 bridgehead atoms. The van der Waals surface area contributed by atoms with Crippen LogP contribution in [0.2, 0.25) is 0 Å². The average molecular weight is 230 g/mol. The number of hydrogen-bond donors (Lipinski definition) is 3. The van der Waals surface area contributed by atoms with Crippen molar-refractivity contribution in [3.8, 4) is 11.3 Å². The summed E-state index contributed by atoms with van der Waals surface area (Å²) in [4.78, 5) is 20.6. The van der Waals surface area contributed by atoms with Crippen LogP contribution in [0.1, 0.15) is 5.76 Å². The minimum atomic E-state index is -0.228. The fourth-order valence-corrected chi connectivity index (χ4v) is 1.86. The molecule has 0 saturated carbocycles. The van der Waals surface area contributed by atoms with Gasteiger partial charge < -0.3 is 20.1 Å². The lowest BCUT2D eigenvalue weighted by atomic mass is 10.1. The molecule has 4 N–H and O–H groups in total. The van der Waals surface area contributed by atoms with Crippen molar-refractivity contribution in [1.29, 1.82) is 0 Å². The van der Waals surface area contributed by atoms with Crippen LogP contribution in [0.15, 0.2) is 27.4 Å². The number of aromatic amines is 2. The zero-order valence-corrected chi connectivity index (χ0v) is 9.07. The highest BCUT2D eigenvalue weighted by Crippen LogP contribution is 2.26. The topological polar surface area (TPSA) is 101 Å². The number of nitrogens with one attached hydrogen (secondary N) is 2. The van der Waals surface area contributed by atoms with Crippen LogP contribution < -0.4 is 11.4 Å². The Kier molecular flexibility index (Phi) is 1.85. The third-order valence-electron chi connectivity index (χ3n) is 2.60. The van der Waals surface area contributed by atoms with Crippen LogP contribution in [-0.4, -0.2) is 15.0 Å². The first kappa shape index (κ1) is 9.71. The van der Waals surface area contributed by atoms with Gasteiger partial charge in [-0.3, -0.25) is 0 Å². The van der Waals surface area contributed by atoms with Crippen LogP contribution in [-0.2, 0) is 0 Å². The molecule has 1 aromatic carbocycles. The third-order valence-corrected chi connectivity index (χ3v) is 2.60. The Balaban J connectivity index is 2.23. The number of nitrogen functional groups attached to an aromatic ring is 1. The molecule has 2 aromatic heterocycles. The van der Waals surface area contributed by atoms with E-state index in [1.54, 1.807) is 6.92 Å². The van der Waals surface area contributed by atoms with Crippen LogP contribution in [0, 0.1) is 6.92 Å². The Morgan fingerprint density at radius 2 is 2.06 bits per heavy atom. The Bertz CT molecular complexity index is 750. The van der Waals surface area contributed by atoms with E-state index >= 15 is 0 Å². The van der Waals surface area contributed by atoms with Gasteiger partial charge in [0.2, 0.25) is 0 Å². The highest BCUT2D eigenvalue weighted by Gasteiger charge is 2.10. The molecule has 0 amide bonds. The number of nitrogens with zero attached hydrogens (tertiary/aromatic N) is 1. The SMILES string of the molecule is Cc1oc(N)nc1-c1ccc2[nH]c(=O)[nH]c2c1. The number of fused-ring (bicyclic) bond motifs is 1. The zero-order chi connectivity index (χ0) is 12.0. The maximum atomic E-state index is 11.1. The number of imidazole rings is 1. The predicted molar refractivity (Wildman–Crippen MR) is 63.6 cm³/mol. The lowest BCUT2D eigenvalue weighted by Gasteiger charge is -1.97. The molecule has 0 spiro atoms. The van der Waals surface area contributed by atoms with Crippen LogP contribution >= 0.6 is 0 Å². The second-order valence-electron chi connectivity index (χ2n) is 3.80. The molecule has 0 atom stereocenters. The van der Waals surface area contributed by atoms with Gasteiger partial charge in [0.15, 0.2) is 0 Å². The van der Waals surface area contributed by atoms with Crippen molar-refractivity contribution < 1.29 is 4.42 Å². The van der Waals surface area contributed by atoms with Gasteiger partial charge in [0.05, 0.1) is 11.0 Å². The number of nitrogens with two attached hydrogens (primary N) is 1. The van der Waals surface area contributed by atoms with Gasteiger partial charge in [-0.1, -0.05) is 6.07 Å². The van der Waals surface area contributed by atoms with E-state index in [0.717, 1.165) is 16.6 Å². The quantitative estimate of drug-likeness (QED) is 0.588. The first-order valence-corrected chi connectivity index (χ1v) is 5.09. The Labute approximate surface area is 95.5 Å². The van der Waals surface area contributed by atoms with Crippen molar-refractivity contribution in [3.63, 3.8) is 0 Å². The van der Waals surface area contributed by atoms with Gasteiger partial charge >= 0.3 is 5.69 Å². The van der Waals surface area contributed by atoms with Crippen molar-refractivity contribution in [2.24, 2.45) is 0 Å². The fourth-order valence-electron chi connectivity index (χ4n) is 1.86. The van der Waals surface area contributed by atoms with Gasteiger partial charge in [-0.05, 0) is 19.1 Å². The summed E-state index contributed by atoms with van der Waals surface area (Å²) in [5.41, 5.74) is 8.29. The summed E-state index contributed by atoms with van der Waals surface area (Å²) >= 11 is 0. The highest BCUT2D eigenvalue weighted by molar-refractivity contribution is 5.81. The van der Waals surface area contributed by atoms with Gasteiger partial charge in [-0.2, -0.15) is 4.98 Å². The number of oxazole rings is 1. The van der Waals surface area contributed by atoms with Crippen molar-refractivity contribution in [3.05, 3.63) is 34.4 Å². The molecule has 17 heavy (non-hydrogen) atoms. The molecule has 0 aliphatic rings. The maximum Gasteiger partial charge on any atom is 0.323 e. The van der Waals surface area contributed by atoms with E-state index in [1.165, 1.54) is 0 Å². The van der Waals surface area contributed by atoms with Crippen LogP contribution in [0.3, 0.4) is 0 Å². The molecule has 86 valence electrons. The summed E-state index contributed by atoms with van der Waals surface area (Å²) < 4.78 is 5.17. The average Bonchev–Trinajstić information content (AvgIpc) is 2.78. The molecule has 3 aromatic rings. The first-order valence-electron chi connectivity index (χ1n) is 5.09. The van der Waals surface area contributed by atoms with E-state index in [9.17, 15) is 4.79 Å². The van der Waals surface area contributed by atoms with E-state index in [0.29, 0.717) is 11.5 Å². The summed E-state index contributed by atoms with van der Waals surface area (Å²) in [7, 11) is 0. The Morgan fingerprint density at radius 1 is 1.29 bits per heavy atom. The molecular formula is C11H10N4O2. The Hall–Kier alpha value is -2.50. The lowest BCUT2D eigenvalue weighted by molar-refractivity contribution is 0.549. The number of aryl methyl sites for hydroxylation is 1. The van der Waals surface area contributed by atoms with E-state index in [2.05, 4.69) is 15.0 Å². The van der Waals surface area contributed by atoms with E-state index in [1.807, 2.05) is 18.2 Å². The highest BCUT2D eigenvalue weighted by atomic mass is 16.4. The maximum absolute atomic E-state index is 11.1. The number of aromatic nitrogens is 3. The van der Waals surface area contributed by atoms with Crippen LogP contribution in [0.5, 0.6) is 0 Å². The second-order valence-corrected chi connectivity index (χ2v) is 3.80. The summed E-state index contributed by atoms with van der Waals surface area (Å²) in [6.45, 7) is 1.79. The molecule has 0 unspecified atom stereocenters. The predicted octanol–water partition coefficient (Wildman–Crippen LogP) is 1.40. The van der Waals surface area contributed by atoms with Gasteiger partial charge in [-0.25, -0.2) is 4.79 Å². The second kappa shape index (κ2) is 3.24. The molecule has 2 heterocycles. The minimum Gasteiger partial charge on any atom is -0.429 e. The lowest BCUT2D eigenvalue weighted by Crippen LogP contribution is -1.99. The van der Waals surface area contributed by atoms with Crippen LogP contribution in [0.25, 0.3) is 22.3 Å². The molecule has 0 fully saturated rings. The normalized spacial score (nSPS) is 11.1. The van der Waals surface area contributed by atoms with Crippen molar-refractivity contribution in [2.75, 3.05) is 5.73 Å². The van der Waals surface area contributed by atoms with Gasteiger partial charge in [-0.15, -0.1) is 0 Å². The Morgan fingerprint density at radius 3 is 2.76 bits per heavy atom. The smallest absolute Gasteiger partial charge is 0.323 e. The molecule has 0 radical (unpaired) electrons. The van der Waals surface area contributed by atoms with Gasteiger partial charge in [0.25, 0.3) is 6.01 Å². The van der Waals surface area contributed by atoms with E-state index < -0.39 is 0 Å².